The maximum Gasteiger partial charge on any atom is 0.490 e. The molecule has 0 aliphatic rings. The minimum atomic E-state index is -5.08. The Balaban J connectivity index is 0.000000616. The lowest BCUT2D eigenvalue weighted by atomic mass is 10.0. The molecule has 4 rings (SSSR count). The monoisotopic (exact) mass is 616 g/mol. The van der Waals surface area contributed by atoms with Crippen LogP contribution >= 0.6 is 0 Å². The zero-order chi connectivity index (χ0) is 31.3. The minimum absolute atomic E-state index is 0.0186. The quantitative estimate of drug-likeness (QED) is 0.235. The van der Waals surface area contributed by atoms with Crippen LogP contribution in [0.15, 0.2) is 90.1 Å². The highest BCUT2D eigenvalue weighted by Crippen LogP contribution is 2.36. The summed E-state index contributed by atoms with van der Waals surface area (Å²) in [5, 5.41) is 7.12. The second kappa shape index (κ2) is 12.5. The zero-order valence-electron chi connectivity index (χ0n) is 20.9. The van der Waals surface area contributed by atoms with Crippen LogP contribution in [0.5, 0.6) is 0 Å². The Bertz CT molecular complexity index is 1650. The van der Waals surface area contributed by atoms with Crippen LogP contribution in [0.3, 0.4) is 0 Å². The molecule has 0 spiro atoms. The van der Waals surface area contributed by atoms with E-state index in [2.05, 4.69) is 9.97 Å². The van der Waals surface area contributed by atoms with Crippen LogP contribution in [-0.4, -0.2) is 41.8 Å². The molecule has 0 saturated heterocycles. The van der Waals surface area contributed by atoms with Crippen LogP contribution in [0.2, 0.25) is 0 Å². The maximum atomic E-state index is 14.9. The van der Waals surface area contributed by atoms with E-state index in [0.717, 1.165) is 12.1 Å². The van der Waals surface area contributed by atoms with Crippen molar-refractivity contribution in [1.29, 1.82) is 0 Å². The van der Waals surface area contributed by atoms with Gasteiger partial charge in [0, 0.05) is 29.1 Å². The number of rotatable bonds is 6. The summed E-state index contributed by atoms with van der Waals surface area (Å²) in [6.45, 7) is 0. The number of aliphatic carboxylic acids is 1. The average Bonchev–Trinajstić information content (AvgIpc) is 2.92. The van der Waals surface area contributed by atoms with E-state index < -0.39 is 45.1 Å². The smallest absolute Gasteiger partial charge is 0.475 e. The molecule has 8 nitrogen and oxygen atoms in total. The van der Waals surface area contributed by atoms with E-state index in [-0.39, 0.29) is 28.2 Å². The van der Waals surface area contributed by atoms with Crippen molar-refractivity contribution in [3.05, 3.63) is 96.6 Å². The van der Waals surface area contributed by atoms with Crippen LogP contribution in [-0.2, 0) is 14.8 Å². The van der Waals surface area contributed by atoms with Gasteiger partial charge in [-0.3, -0.25) is 0 Å². The molecule has 0 saturated carbocycles. The van der Waals surface area contributed by atoms with Gasteiger partial charge in [-0.15, -0.1) is 0 Å². The number of nitrogens with two attached hydrogens (primary N) is 1. The number of alkyl halides is 6. The molecule has 42 heavy (non-hydrogen) atoms. The number of halogens is 7. The van der Waals surface area contributed by atoms with Crippen molar-refractivity contribution in [3.63, 3.8) is 0 Å². The Hall–Kier alpha value is -4.57. The number of sulfonamides is 1. The van der Waals surface area contributed by atoms with Gasteiger partial charge in [0.15, 0.2) is 0 Å². The lowest BCUT2D eigenvalue weighted by molar-refractivity contribution is -0.192. The molecule has 1 aromatic heterocycles. The molecule has 1 atom stereocenters. The summed E-state index contributed by atoms with van der Waals surface area (Å²) in [6.07, 6.45) is -7.30. The third-order valence-corrected chi connectivity index (χ3v) is 6.90. The summed E-state index contributed by atoms with van der Waals surface area (Å²) < 4.78 is 116. The van der Waals surface area contributed by atoms with Crippen molar-refractivity contribution in [3.8, 4) is 22.3 Å². The summed E-state index contributed by atoms with van der Waals surface area (Å²) in [7, 11) is -4.68. The van der Waals surface area contributed by atoms with E-state index in [9.17, 15) is 39.2 Å². The molecule has 0 amide bonds. The van der Waals surface area contributed by atoms with Gasteiger partial charge in [-0.05, 0) is 23.3 Å². The molecular formula is C26H19F7N4O4S. The predicted molar refractivity (Wildman–Crippen MR) is 137 cm³/mol. The molecule has 0 aliphatic heterocycles. The van der Waals surface area contributed by atoms with Crippen molar-refractivity contribution < 1.29 is 49.1 Å². The Kier molecular flexibility index (Phi) is 9.53. The Morgan fingerprint density at radius 3 is 1.90 bits per heavy atom. The van der Waals surface area contributed by atoms with Crippen LogP contribution in [0.25, 0.3) is 22.3 Å². The Morgan fingerprint density at radius 1 is 0.833 bits per heavy atom. The van der Waals surface area contributed by atoms with Crippen molar-refractivity contribution in [1.82, 2.24) is 14.7 Å². The molecule has 4 N–H and O–H groups in total. The van der Waals surface area contributed by atoms with Gasteiger partial charge in [-0.1, -0.05) is 60.7 Å². The zero-order valence-corrected chi connectivity index (χ0v) is 21.7. The van der Waals surface area contributed by atoms with Crippen LogP contribution in [0.1, 0.15) is 11.6 Å². The molecule has 0 radical (unpaired) electrons. The second-order valence-corrected chi connectivity index (χ2v) is 10.0. The van der Waals surface area contributed by atoms with Gasteiger partial charge < -0.3 is 10.8 Å². The van der Waals surface area contributed by atoms with Gasteiger partial charge in [0.05, 0.1) is 4.90 Å². The Labute approximate surface area is 233 Å². The normalized spacial score (nSPS) is 12.6. The maximum absolute atomic E-state index is 14.9. The van der Waals surface area contributed by atoms with E-state index in [0.29, 0.717) is 5.56 Å². The lowest BCUT2D eigenvalue weighted by Gasteiger charge is -2.23. The first-order valence-electron chi connectivity index (χ1n) is 11.4. The van der Waals surface area contributed by atoms with Gasteiger partial charge in [-0.25, -0.2) is 27.6 Å². The van der Waals surface area contributed by atoms with Crippen molar-refractivity contribution >= 4 is 21.9 Å². The number of aromatic nitrogens is 2. The Morgan fingerprint density at radius 2 is 1.38 bits per heavy atom. The van der Waals surface area contributed by atoms with E-state index >= 15 is 0 Å². The highest BCUT2D eigenvalue weighted by atomic mass is 32.2. The SMILES string of the molecule is Nc1ncc(-c2ccc(-c3ccccc3S(=O)(=O)N[C@@H](c3ccccc3)C(F)(F)F)cc2F)cn1.O=C(O)C(F)(F)F. The number of nitrogen functional groups attached to an aromatic ring is 1. The first-order valence-corrected chi connectivity index (χ1v) is 12.9. The number of hydrogen-bond donors (Lipinski definition) is 3. The largest absolute Gasteiger partial charge is 0.490 e. The predicted octanol–water partition coefficient (Wildman–Crippen LogP) is 5.75. The van der Waals surface area contributed by atoms with Gasteiger partial charge in [0.2, 0.25) is 16.0 Å². The van der Waals surface area contributed by atoms with E-state index in [1.165, 1.54) is 73.1 Å². The summed E-state index contributed by atoms with van der Waals surface area (Å²) in [4.78, 5) is 16.1. The van der Waals surface area contributed by atoms with Gasteiger partial charge in [0.1, 0.15) is 11.9 Å². The summed E-state index contributed by atoms with van der Waals surface area (Å²) in [5.41, 5.74) is 5.88. The lowest BCUT2D eigenvalue weighted by Crippen LogP contribution is -2.38. The minimum Gasteiger partial charge on any atom is -0.475 e. The number of carboxylic acids is 1. The average molecular weight is 617 g/mol. The van der Waals surface area contributed by atoms with Gasteiger partial charge in [-0.2, -0.15) is 31.1 Å². The van der Waals surface area contributed by atoms with Gasteiger partial charge >= 0.3 is 18.3 Å². The fourth-order valence-corrected chi connectivity index (χ4v) is 4.96. The number of carboxylic acid groups (broad SMARTS) is 1. The molecule has 0 bridgehead atoms. The van der Waals surface area contributed by atoms with Crippen molar-refractivity contribution in [2.75, 3.05) is 5.73 Å². The molecule has 222 valence electrons. The fourth-order valence-electron chi connectivity index (χ4n) is 3.52. The highest BCUT2D eigenvalue weighted by molar-refractivity contribution is 7.89. The van der Waals surface area contributed by atoms with Crippen molar-refractivity contribution in [2.45, 2.75) is 23.3 Å². The van der Waals surface area contributed by atoms with Crippen LogP contribution in [0, 0.1) is 5.82 Å². The number of carbonyl (C=O) groups is 1. The number of nitrogens with zero attached hydrogens (tertiary/aromatic N) is 2. The first-order chi connectivity index (χ1) is 19.5. The molecular weight excluding hydrogens is 597 g/mol. The van der Waals surface area contributed by atoms with E-state index in [1.54, 1.807) is 4.72 Å². The van der Waals surface area contributed by atoms with E-state index in [1.807, 2.05) is 0 Å². The standard InChI is InChI=1S/C24H18F4N4O2S.C2HF3O2/c25-20-12-16(10-11-18(20)17-13-30-23(29)31-14-17)19-8-4-5-9-21(19)35(33,34)32-22(24(26,27)28)15-6-2-1-3-7-15;3-2(4,5)1(6)7/h1-14,22,32H,(H2,29,30,31);(H,6,7)/t22-;/m0./s1. The third kappa shape index (κ3) is 8.01. The molecule has 3 aromatic carbocycles. The molecule has 16 heteroatoms. The summed E-state index contributed by atoms with van der Waals surface area (Å²) in [5.74, 6) is -3.44. The number of anilines is 1. The summed E-state index contributed by atoms with van der Waals surface area (Å²) >= 11 is 0. The van der Waals surface area contributed by atoms with Crippen LogP contribution in [0.4, 0.5) is 36.7 Å². The first kappa shape index (κ1) is 32.0. The molecule has 1 heterocycles. The fraction of sp³-hybridized carbons (Fsp3) is 0.115. The summed E-state index contributed by atoms with van der Waals surface area (Å²) in [6, 6.07) is 13.6. The number of hydrogen-bond acceptors (Lipinski definition) is 6. The van der Waals surface area contributed by atoms with Crippen LogP contribution < -0.4 is 10.5 Å². The molecule has 0 fully saturated rings. The number of nitrogens with one attached hydrogen (secondary N) is 1. The van der Waals surface area contributed by atoms with Gasteiger partial charge in [0.25, 0.3) is 0 Å². The highest BCUT2D eigenvalue weighted by Gasteiger charge is 2.43. The number of benzene rings is 3. The topological polar surface area (TPSA) is 135 Å². The van der Waals surface area contributed by atoms with Crippen molar-refractivity contribution in [2.24, 2.45) is 0 Å². The third-order valence-electron chi connectivity index (χ3n) is 5.42. The molecule has 0 unspecified atom stereocenters. The molecule has 4 aromatic rings. The second-order valence-electron chi connectivity index (χ2n) is 8.33. The molecule has 0 aliphatic carbocycles. The van der Waals surface area contributed by atoms with E-state index in [4.69, 9.17) is 15.6 Å².